The highest BCUT2D eigenvalue weighted by Crippen LogP contribution is 2.31. The fourth-order valence-corrected chi connectivity index (χ4v) is 4.47. The number of fused-ring (bicyclic) bond motifs is 1. The number of nitrogens with zero attached hydrogens (tertiary/aromatic N) is 4. The molecule has 10 nitrogen and oxygen atoms in total. The molecule has 0 spiro atoms. The van der Waals surface area contributed by atoms with Crippen molar-refractivity contribution in [3.63, 3.8) is 0 Å². The summed E-state index contributed by atoms with van der Waals surface area (Å²) in [5.41, 5.74) is 0. The second kappa shape index (κ2) is 9.10. The lowest BCUT2D eigenvalue weighted by atomic mass is 10.2. The number of piperazine rings is 1. The molecule has 2 aliphatic heterocycles. The Morgan fingerprint density at radius 3 is 2.55 bits per heavy atom. The monoisotopic (exact) mass is 470 g/mol. The van der Waals surface area contributed by atoms with Gasteiger partial charge in [-0.15, -0.1) is 16.4 Å². The molecule has 0 unspecified atom stereocenters. The molecule has 5 rings (SSSR count). The summed E-state index contributed by atoms with van der Waals surface area (Å²) < 4.78 is 17.8. The topological polar surface area (TPSA) is 107 Å². The largest absolute Gasteiger partial charge is 0.485 e. The molecule has 2 aromatic heterocycles. The van der Waals surface area contributed by atoms with E-state index in [9.17, 15) is 14.4 Å². The molecule has 2 aliphatic rings. The number of carbonyl (C=O) groups is 2. The molecule has 1 aromatic carbocycles. The van der Waals surface area contributed by atoms with Crippen LogP contribution in [0.15, 0.2) is 51.0 Å². The van der Waals surface area contributed by atoms with Crippen molar-refractivity contribution in [3.8, 4) is 22.3 Å². The molecular weight excluding hydrogens is 448 g/mol. The van der Waals surface area contributed by atoms with Gasteiger partial charge in [0.15, 0.2) is 11.5 Å². The fourth-order valence-electron chi connectivity index (χ4n) is 3.83. The van der Waals surface area contributed by atoms with Crippen molar-refractivity contribution in [1.82, 2.24) is 19.6 Å². The summed E-state index contributed by atoms with van der Waals surface area (Å²) in [5, 5.41) is 6.04. The Morgan fingerprint density at radius 1 is 1.03 bits per heavy atom. The zero-order chi connectivity index (χ0) is 22.8. The van der Waals surface area contributed by atoms with Gasteiger partial charge >= 0.3 is 5.76 Å². The third kappa shape index (κ3) is 4.49. The van der Waals surface area contributed by atoms with Crippen molar-refractivity contribution in [2.75, 3.05) is 32.8 Å². The number of hydrogen-bond donors (Lipinski definition) is 0. The molecule has 1 atom stereocenters. The van der Waals surface area contributed by atoms with Crippen molar-refractivity contribution in [3.05, 3.63) is 52.3 Å². The van der Waals surface area contributed by atoms with Gasteiger partial charge in [-0.05, 0) is 23.6 Å². The summed E-state index contributed by atoms with van der Waals surface area (Å²) in [7, 11) is 0. The van der Waals surface area contributed by atoms with Crippen LogP contribution in [0.25, 0.3) is 10.8 Å². The number of para-hydroxylation sites is 2. The first-order chi connectivity index (χ1) is 16.1. The minimum Gasteiger partial charge on any atom is -0.485 e. The lowest BCUT2D eigenvalue weighted by molar-refractivity contribution is -0.146. The first kappa shape index (κ1) is 21.3. The Hall–Kier alpha value is -3.60. The molecule has 4 heterocycles. The fraction of sp³-hybridized carbons (Fsp3) is 0.364. The summed E-state index contributed by atoms with van der Waals surface area (Å²) in [5.74, 6) is 0.614. The van der Waals surface area contributed by atoms with Crippen LogP contribution >= 0.6 is 11.3 Å². The standard InChI is InChI=1S/C22H22N4O6S/c27-19(7-8-26-22(29)32-20(23-26)18-6-3-13-33-18)24-9-11-25(12-10-24)21(28)17-14-30-15-4-1-2-5-16(15)31-17/h1-6,13,17H,7-12,14H2/t17-/m1/s1. The van der Waals surface area contributed by atoms with Crippen molar-refractivity contribution < 1.29 is 23.5 Å². The highest BCUT2D eigenvalue weighted by atomic mass is 32.1. The van der Waals surface area contributed by atoms with Gasteiger partial charge in [0.05, 0.1) is 11.4 Å². The van der Waals surface area contributed by atoms with E-state index in [4.69, 9.17) is 13.9 Å². The van der Waals surface area contributed by atoms with Gasteiger partial charge < -0.3 is 23.7 Å². The van der Waals surface area contributed by atoms with E-state index >= 15 is 0 Å². The number of rotatable bonds is 5. The molecule has 0 aliphatic carbocycles. The van der Waals surface area contributed by atoms with Crippen LogP contribution in [-0.2, 0) is 16.1 Å². The van der Waals surface area contributed by atoms with E-state index in [0.29, 0.717) is 37.7 Å². The van der Waals surface area contributed by atoms with Crippen molar-refractivity contribution >= 4 is 23.2 Å². The third-order valence-electron chi connectivity index (χ3n) is 5.60. The molecule has 3 aromatic rings. The van der Waals surface area contributed by atoms with E-state index in [1.165, 1.54) is 16.0 Å². The van der Waals surface area contributed by atoms with Gasteiger partial charge in [-0.1, -0.05) is 18.2 Å². The van der Waals surface area contributed by atoms with Crippen LogP contribution in [0.3, 0.4) is 0 Å². The normalized spacial score (nSPS) is 17.8. The first-order valence-electron chi connectivity index (χ1n) is 10.7. The summed E-state index contributed by atoms with van der Waals surface area (Å²) in [6.07, 6.45) is -0.570. The molecule has 1 saturated heterocycles. The molecule has 11 heteroatoms. The molecule has 0 saturated carbocycles. The summed E-state index contributed by atoms with van der Waals surface area (Å²) in [4.78, 5) is 41.7. The van der Waals surface area contributed by atoms with E-state index < -0.39 is 11.9 Å². The highest BCUT2D eigenvalue weighted by molar-refractivity contribution is 7.13. The van der Waals surface area contributed by atoms with Gasteiger partial charge in [-0.25, -0.2) is 4.79 Å². The lowest BCUT2D eigenvalue weighted by Crippen LogP contribution is -2.55. The molecule has 0 bridgehead atoms. The second-order valence-corrected chi connectivity index (χ2v) is 8.64. The average molecular weight is 471 g/mol. The summed E-state index contributed by atoms with van der Waals surface area (Å²) in [6, 6.07) is 10.9. The SMILES string of the molecule is O=C(CCn1nc(-c2cccs2)oc1=O)N1CCN(C(=O)[C@H]2COc3ccccc3O2)CC1. The Balaban J connectivity index is 1.11. The van der Waals surface area contributed by atoms with E-state index in [-0.39, 0.29) is 37.3 Å². The quantitative estimate of drug-likeness (QED) is 0.556. The molecule has 33 heavy (non-hydrogen) atoms. The zero-order valence-electron chi connectivity index (χ0n) is 17.7. The number of carbonyl (C=O) groups excluding carboxylic acids is 2. The number of amides is 2. The van der Waals surface area contributed by atoms with E-state index in [0.717, 1.165) is 4.88 Å². The van der Waals surface area contributed by atoms with Crippen molar-refractivity contribution in [2.45, 2.75) is 19.1 Å². The maximum absolute atomic E-state index is 12.8. The minimum atomic E-state index is -0.696. The van der Waals surface area contributed by atoms with Gasteiger partial charge in [0.25, 0.3) is 11.8 Å². The molecule has 0 N–H and O–H groups in total. The number of thiophene rings is 1. The number of ether oxygens (including phenoxy) is 2. The Labute approximate surface area is 192 Å². The van der Waals surface area contributed by atoms with Crippen LogP contribution in [0.1, 0.15) is 6.42 Å². The van der Waals surface area contributed by atoms with Crippen LogP contribution in [0.5, 0.6) is 11.5 Å². The Morgan fingerprint density at radius 2 is 1.79 bits per heavy atom. The summed E-state index contributed by atoms with van der Waals surface area (Å²) in [6.45, 7) is 1.97. The van der Waals surface area contributed by atoms with Gasteiger partial charge in [-0.3, -0.25) is 9.59 Å². The number of benzene rings is 1. The zero-order valence-corrected chi connectivity index (χ0v) is 18.5. The molecule has 2 amide bonds. The average Bonchev–Trinajstić information content (AvgIpc) is 3.52. The van der Waals surface area contributed by atoms with Crippen LogP contribution in [0.4, 0.5) is 0 Å². The van der Waals surface area contributed by atoms with Crippen molar-refractivity contribution in [1.29, 1.82) is 0 Å². The van der Waals surface area contributed by atoms with Crippen molar-refractivity contribution in [2.24, 2.45) is 0 Å². The van der Waals surface area contributed by atoms with E-state index in [1.54, 1.807) is 21.9 Å². The molecule has 172 valence electrons. The second-order valence-electron chi connectivity index (χ2n) is 7.69. The van der Waals surface area contributed by atoms with E-state index in [1.807, 2.05) is 29.6 Å². The Bertz CT molecular complexity index is 1200. The number of hydrogen-bond acceptors (Lipinski definition) is 8. The van der Waals surface area contributed by atoms with E-state index in [2.05, 4.69) is 5.10 Å². The van der Waals surface area contributed by atoms with Gasteiger partial charge in [0.1, 0.15) is 6.61 Å². The van der Waals surface area contributed by atoms with Crippen LogP contribution in [0, 0.1) is 0 Å². The maximum Gasteiger partial charge on any atom is 0.437 e. The smallest absolute Gasteiger partial charge is 0.437 e. The van der Waals surface area contributed by atoms with Gasteiger partial charge in [0, 0.05) is 32.6 Å². The maximum atomic E-state index is 12.8. The Kier molecular flexibility index (Phi) is 5.86. The highest BCUT2D eigenvalue weighted by Gasteiger charge is 2.33. The predicted molar refractivity (Wildman–Crippen MR) is 118 cm³/mol. The van der Waals surface area contributed by atoms with Gasteiger partial charge in [-0.2, -0.15) is 4.68 Å². The number of aromatic nitrogens is 2. The van der Waals surface area contributed by atoms with Crippen LogP contribution < -0.4 is 15.2 Å². The molecule has 1 fully saturated rings. The first-order valence-corrected chi connectivity index (χ1v) is 11.5. The van der Waals surface area contributed by atoms with Gasteiger partial charge in [0.2, 0.25) is 12.0 Å². The lowest BCUT2D eigenvalue weighted by Gasteiger charge is -2.37. The molecule has 0 radical (unpaired) electrons. The predicted octanol–water partition coefficient (Wildman–Crippen LogP) is 1.47. The summed E-state index contributed by atoms with van der Waals surface area (Å²) >= 11 is 1.42. The molecular formula is C22H22N4O6S. The van der Waals surface area contributed by atoms with Crippen LogP contribution in [-0.4, -0.2) is 70.3 Å². The third-order valence-corrected chi connectivity index (χ3v) is 6.46. The minimum absolute atomic E-state index is 0.0964. The number of aryl methyl sites for hydroxylation is 1. The van der Waals surface area contributed by atoms with Crippen LogP contribution in [0.2, 0.25) is 0 Å².